The molecule has 0 bridgehead atoms. The molecule has 2 aromatic carbocycles. The zero-order chi connectivity index (χ0) is 27.5. The fourth-order valence-electron chi connectivity index (χ4n) is 4.18. The maximum absolute atomic E-state index is 13.6. The fourth-order valence-corrected chi connectivity index (χ4v) is 4.18. The number of amides is 2. The summed E-state index contributed by atoms with van der Waals surface area (Å²) in [5.41, 5.74) is 18.6. The summed E-state index contributed by atoms with van der Waals surface area (Å²) in [6.45, 7) is -2.72. The molecule has 4 atom stereocenters. The molecular formula is C25H36BN6O6-. The number of aliphatic hydroxyl groups excluding tert-OH is 1. The molecule has 0 radical (unpaired) electrons. The fraction of sp³-hybridized carbons (Fsp3) is 0.400. The van der Waals surface area contributed by atoms with E-state index in [1.165, 1.54) is 0 Å². The number of guanidine groups is 1. The summed E-state index contributed by atoms with van der Waals surface area (Å²) >= 11 is 0. The molecule has 1 aliphatic heterocycles. The maximum Gasteiger partial charge on any atom is 0.398 e. The van der Waals surface area contributed by atoms with Gasteiger partial charge in [0.05, 0.1) is 12.7 Å². The normalized spacial score (nSPS) is 20.3. The minimum atomic E-state index is -2.97. The zero-order valence-corrected chi connectivity index (χ0v) is 21.2. The first kappa shape index (κ1) is 29.1. The highest BCUT2D eigenvalue weighted by Crippen LogP contribution is 2.23. The van der Waals surface area contributed by atoms with E-state index in [9.17, 15) is 19.7 Å². The molecule has 1 heterocycles. The lowest BCUT2D eigenvalue weighted by molar-refractivity contribution is -0.123. The zero-order valence-electron chi connectivity index (χ0n) is 21.2. The van der Waals surface area contributed by atoms with Gasteiger partial charge in [-0.3, -0.25) is 14.6 Å². The summed E-state index contributed by atoms with van der Waals surface area (Å²) in [7, 11) is 0. The first-order valence-corrected chi connectivity index (χ1v) is 12.5. The van der Waals surface area contributed by atoms with Gasteiger partial charge in [0.1, 0.15) is 6.04 Å². The van der Waals surface area contributed by atoms with E-state index in [1.54, 1.807) is 30.3 Å². The number of hydrogen-bond donors (Lipinski definition) is 7. The Kier molecular flexibility index (Phi) is 10.6. The molecular weight excluding hydrogens is 491 g/mol. The Morgan fingerprint density at radius 1 is 1.08 bits per heavy atom. The van der Waals surface area contributed by atoms with E-state index < -0.39 is 36.7 Å². The van der Waals surface area contributed by atoms with Crippen LogP contribution in [0.15, 0.2) is 59.6 Å². The number of hydrogen-bond acceptors (Lipinski definition) is 8. The number of rotatable bonds is 13. The van der Waals surface area contributed by atoms with Crippen LogP contribution in [0.4, 0.5) is 0 Å². The third-order valence-corrected chi connectivity index (χ3v) is 6.27. The molecule has 0 aromatic heterocycles. The lowest BCUT2D eigenvalue weighted by Crippen LogP contribution is -2.62. The van der Waals surface area contributed by atoms with Gasteiger partial charge in [0.25, 0.3) is 5.91 Å². The van der Waals surface area contributed by atoms with Crippen LogP contribution in [0, 0.1) is 0 Å². The molecule has 38 heavy (non-hydrogen) atoms. The van der Waals surface area contributed by atoms with E-state index in [4.69, 9.17) is 26.5 Å². The van der Waals surface area contributed by atoms with Crippen molar-refractivity contribution >= 4 is 24.5 Å². The van der Waals surface area contributed by atoms with E-state index >= 15 is 0 Å². The van der Waals surface area contributed by atoms with Gasteiger partial charge in [0, 0.05) is 31.7 Å². The standard InChI is InChI=1S/C25H36BN6O6/c27-14-18-10-8-17(9-11-18)13-21(31-23(34)19-5-2-1-3-6-19)24(35)32-22(7-4-12-30-25(28)29)26(36)37-16-20(15-33)38-26/h1-3,5-6,8-11,20-22,33,36H,4,7,12-16,27H2,(H,31,34)(H,32,35)(H4,28,29,30)/q-1/t20-,21-,22-,26-/m0/s1. The molecule has 2 aromatic rings. The van der Waals surface area contributed by atoms with Crippen LogP contribution in [-0.2, 0) is 27.1 Å². The van der Waals surface area contributed by atoms with Crippen molar-refractivity contribution in [3.8, 4) is 0 Å². The van der Waals surface area contributed by atoms with Crippen LogP contribution >= 0.6 is 0 Å². The Balaban J connectivity index is 1.81. The number of carbonyl (C=O) groups is 2. The smallest absolute Gasteiger partial charge is 0.398 e. The van der Waals surface area contributed by atoms with Gasteiger partial charge >= 0.3 is 6.75 Å². The molecule has 12 nitrogen and oxygen atoms in total. The van der Waals surface area contributed by atoms with Crippen molar-refractivity contribution in [3.63, 3.8) is 0 Å². The van der Waals surface area contributed by atoms with Crippen molar-refractivity contribution < 1.29 is 29.0 Å². The molecule has 1 saturated heterocycles. The van der Waals surface area contributed by atoms with Gasteiger partial charge in [0.2, 0.25) is 5.91 Å². The van der Waals surface area contributed by atoms with E-state index in [-0.39, 0.29) is 38.6 Å². The van der Waals surface area contributed by atoms with Crippen molar-refractivity contribution in [1.82, 2.24) is 10.6 Å². The second-order valence-corrected chi connectivity index (χ2v) is 9.18. The molecule has 3 rings (SSSR count). The second-order valence-electron chi connectivity index (χ2n) is 9.18. The monoisotopic (exact) mass is 527 g/mol. The van der Waals surface area contributed by atoms with Gasteiger partial charge in [-0.25, -0.2) is 0 Å². The quantitative estimate of drug-likeness (QED) is 0.0729. The molecule has 0 saturated carbocycles. The summed E-state index contributed by atoms with van der Waals surface area (Å²) in [6.07, 6.45) is 0.0570. The van der Waals surface area contributed by atoms with Crippen LogP contribution in [0.2, 0.25) is 0 Å². The predicted octanol–water partition coefficient (Wildman–Crippen LogP) is -1.10. The molecule has 206 valence electrons. The first-order valence-electron chi connectivity index (χ1n) is 12.5. The molecule has 10 N–H and O–H groups in total. The van der Waals surface area contributed by atoms with Crippen LogP contribution in [0.5, 0.6) is 0 Å². The number of nitrogens with two attached hydrogens (primary N) is 3. The first-order chi connectivity index (χ1) is 18.2. The van der Waals surface area contributed by atoms with Crippen LogP contribution < -0.4 is 27.8 Å². The van der Waals surface area contributed by atoms with E-state index in [0.29, 0.717) is 18.5 Å². The van der Waals surface area contributed by atoms with Crippen molar-refractivity contribution in [3.05, 3.63) is 71.3 Å². The average Bonchev–Trinajstić information content (AvgIpc) is 3.32. The Labute approximate surface area is 221 Å². The lowest BCUT2D eigenvalue weighted by atomic mass is 9.67. The Morgan fingerprint density at radius 2 is 1.76 bits per heavy atom. The molecule has 0 spiro atoms. The minimum absolute atomic E-state index is 0.0328. The molecule has 0 unspecified atom stereocenters. The number of carbonyl (C=O) groups excluding carboxylic acids is 2. The predicted molar refractivity (Wildman–Crippen MR) is 143 cm³/mol. The van der Waals surface area contributed by atoms with Crippen molar-refractivity contribution in [2.75, 3.05) is 19.8 Å². The SMILES string of the molecule is NCc1ccc(C[C@H](NC(=O)c2ccccc2)C(=O)N[C@@H](CCCN=C(N)N)[B@-]2(O)OC[C@H](CO)O2)cc1. The number of aliphatic imine (C=N–C) groups is 1. The highest BCUT2D eigenvalue weighted by Gasteiger charge is 2.43. The van der Waals surface area contributed by atoms with E-state index in [2.05, 4.69) is 15.6 Å². The summed E-state index contributed by atoms with van der Waals surface area (Å²) in [5, 5.41) is 26.1. The van der Waals surface area contributed by atoms with Gasteiger partial charge in [0.15, 0.2) is 5.96 Å². The molecule has 13 heteroatoms. The number of benzene rings is 2. The van der Waals surface area contributed by atoms with Gasteiger partial charge in [-0.1, -0.05) is 48.9 Å². The van der Waals surface area contributed by atoms with E-state index in [0.717, 1.165) is 11.1 Å². The Bertz CT molecular complexity index is 1090. The average molecular weight is 527 g/mol. The molecule has 1 aliphatic rings. The van der Waals surface area contributed by atoms with Gasteiger partial charge in [-0.15, -0.1) is 0 Å². The van der Waals surface area contributed by atoms with Gasteiger partial charge in [-0.2, -0.15) is 0 Å². The van der Waals surface area contributed by atoms with Crippen LogP contribution in [-0.4, -0.2) is 72.5 Å². The molecule has 0 aliphatic carbocycles. The van der Waals surface area contributed by atoms with Crippen LogP contribution in [0.25, 0.3) is 0 Å². The summed E-state index contributed by atoms with van der Waals surface area (Å²) in [5.74, 6) is -2.03. The largest absolute Gasteiger partial charge is 0.558 e. The number of nitrogens with zero attached hydrogens (tertiary/aromatic N) is 1. The van der Waals surface area contributed by atoms with Crippen LogP contribution in [0.3, 0.4) is 0 Å². The number of nitrogens with one attached hydrogen (secondary N) is 2. The third kappa shape index (κ3) is 8.26. The second kappa shape index (κ2) is 13.9. The highest BCUT2D eigenvalue weighted by molar-refractivity contribution is 6.62. The molecule has 1 fully saturated rings. The topological polar surface area (TPSA) is 208 Å². The summed E-state index contributed by atoms with van der Waals surface area (Å²) in [6, 6.07) is 15.0. The highest BCUT2D eigenvalue weighted by atomic mass is 16.7. The van der Waals surface area contributed by atoms with Crippen molar-refractivity contribution in [2.24, 2.45) is 22.2 Å². The van der Waals surface area contributed by atoms with Crippen LogP contribution in [0.1, 0.15) is 34.3 Å². The Morgan fingerprint density at radius 3 is 2.37 bits per heavy atom. The van der Waals surface area contributed by atoms with Gasteiger partial charge in [-0.05, 0) is 35.6 Å². The number of aliphatic hydroxyl groups is 1. The van der Waals surface area contributed by atoms with E-state index in [1.807, 2.05) is 24.3 Å². The molecule has 2 amide bonds. The minimum Gasteiger partial charge on any atom is -0.558 e. The maximum atomic E-state index is 13.6. The Hall–Kier alpha value is -3.49. The van der Waals surface area contributed by atoms with Gasteiger partial charge < -0.3 is 47.3 Å². The summed E-state index contributed by atoms with van der Waals surface area (Å²) in [4.78, 5) is 30.4. The lowest BCUT2D eigenvalue weighted by Gasteiger charge is -2.38. The third-order valence-electron chi connectivity index (χ3n) is 6.27. The summed E-state index contributed by atoms with van der Waals surface area (Å²) < 4.78 is 11.1. The van der Waals surface area contributed by atoms with Crippen molar-refractivity contribution in [2.45, 2.75) is 43.9 Å². The van der Waals surface area contributed by atoms with Crippen molar-refractivity contribution in [1.29, 1.82) is 0 Å².